The van der Waals surface area contributed by atoms with Crippen LogP contribution in [0.15, 0.2) is 18.2 Å². The lowest BCUT2D eigenvalue weighted by Gasteiger charge is -2.29. The minimum atomic E-state index is -3.15. The first-order chi connectivity index (χ1) is 9.31. The summed E-state index contributed by atoms with van der Waals surface area (Å²) in [6, 6.07) is 5.39. The lowest BCUT2D eigenvalue weighted by atomic mass is 10.0. The second-order valence-corrected chi connectivity index (χ2v) is 8.03. The Balaban J connectivity index is 2.22. The molecule has 6 heteroatoms. The Labute approximate surface area is 119 Å². The van der Waals surface area contributed by atoms with Crippen LogP contribution in [0.1, 0.15) is 25.8 Å². The van der Waals surface area contributed by atoms with Gasteiger partial charge >= 0.3 is 0 Å². The molecule has 0 atom stereocenters. The van der Waals surface area contributed by atoms with Crippen molar-refractivity contribution in [3.8, 4) is 0 Å². The number of benzene rings is 1. The molecule has 5 nitrogen and oxygen atoms in total. The summed E-state index contributed by atoms with van der Waals surface area (Å²) in [6.45, 7) is 3.51. The predicted octanol–water partition coefficient (Wildman–Crippen LogP) is 1.37. The zero-order chi connectivity index (χ0) is 14.9. The lowest BCUT2D eigenvalue weighted by molar-refractivity contribution is -0.118. The van der Waals surface area contributed by atoms with E-state index in [4.69, 9.17) is 5.73 Å². The predicted molar refractivity (Wildman–Crippen MR) is 80.5 cm³/mol. The minimum absolute atomic E-state index is 0.0137. The van der Waals surface area contributed by atoms with Gasteiger partial charge in [0.25, 0.3) is 0 Å². The number of aryl methyl sites for hydroxylation is 1. The lowest BCUT2D eigenvalue weighted by Crippen LogP contribution is -2.39. The normalized spacial score (nSPS) is 15.6. The van der Waals surface area contributed by atoms with Crippen molar-refractivity contribution < 1.29 is 13.2 Å². The van der Waals surface area contributed by atoms with Crippen LogP contribution < -0.4 is 10.6 Å². The maximum Gasteiger partial charge on any atom is 0.227 e. The summed E-state index contributed by atoms with van der Waals surface area (Å²) in [7, 11) is -3.15. The highest BCUT2D eigenvalue weighted by molar-refractivity contribution is 7.92. The second-order valence-electron chi connectivity index (χ2n) is 5.35. The van der Waals surface area contributed by atoms with E-state index in [0.717, 1.165) is 11.3 Å². The number of hydrogen-bond acceptors (Lipinski definition) is 4. The molecule has 1 heterocycles. The summed E-state index contributed by atoms with van der Waals surface area (Å²) in [5.74, 6) is -0.0403. The SMILES string of the molecule is CC(C)S(=O)(=O)CCN1C(=O)CCc2cc(N)ccc21. The van der Waals surface area contributed by atoms with Gasteiger partial charge in [-0.2, -0.15) is 0 Å². The smallest absolute Gasteiger partial charge is 0.227 e. The van der Waals surface area contributed by atoms with Crippen molar-refractivity contribution >= 4 is 27.1 Å². The Morgan fingerprint density at radius 3 is 2.65 bits per heavy atom. The quantitative estimate of drug-likeness (QED) is 0.851. The highest BCUT2D eigenvalue weighted by atomic mass is 32.2. The molecule has 1 aliphatic heterocycles. The molecule has 0 spiro atoms. The van der Waals surface area contributed by atoms with Gasteiger partial charge in [0.1, 0.15) is 0 Å². The van der Waals surface area contributed by atoms with E-state index in [1.165, 1.54) is 0 Å². The fourth-order valence-corrected chi connectivity index (χ4v) is 3.19. The van der Waals surface area contributed by atoms with E-state index in [-0.39, 0.29) is 18.2 Å². The van der Waals surface area contributed by atoms with Crippen molar-refractivity contribution in [1.82, 2.24) is 0 Å². The van der Waals surface area contributed by atoms with Gasteiger partial charge in [-0.15, -0.1) is 0 Å². The summed E-state index contributed by atoms with van der Waals surface area (Å²) in [6.07, 6.45) is 1.06. The highest BCUT2D eigenvalue weighted by Crippen LogP contribution is 2.29. The molecule has 0 saturated carbocycles. The molecule has 1 aromatic carbocycles. The fraction of sp³-hybridized carbons (Fsp3) is 0.500. The van der Waals surface area contributed by atoms with Crippen molar-refractivity contribution in [2.24, 2.45) is 0 Å². The molecule has 0 saturated heterocycles. The van der Waals surface area contributed by atoms with Crippen molar-refractivity contribution in [2.45, 2.75) is 31.9 Å². The Morgan fingerprint density at radius 1 is 1.30 bits per heavy atom. The Morgan fingerprint density at radius 2 is 2.00 bits per heavy atom. The molecule has 1 amide bonds. The van der Waals surface area contributed by atoms with Crippen LogP contribution in [0.5, 0.6) is 0 Å². The molecule has 0 fully saturated rings. The summed E-state index contributed by atoms with van der Waals surface area (Å²) in [4.78, 5) is 13.6. The number of amides is 1. The van der Waals surface area contributed by atoms with Crippen LogP contribution in [0.3, 0.4) is 0 Å². The van der Waals surface area contributed by atoms with E-state index >= 15 is 0 Å². The van der Waals surface area contributed by atoms with Gasteiger partial charge < -0.3 is 10.6 Å². The monoisotopic (exact) mass is 296 g/mol. The third kappa shape index (κ3) is 2.95. The summed E-state index contributed by atoms with van der Waals surface area (Å²) < 4.78 is 23.8. The second kappa shape index (κ2) is 5.44. The minimum Gasteiger partial charge on any atom is -0.399 e. The maximum atomic E-state index is 12.0. The van der Waals surface area contributed by atoms with Gasteiger partial charge in [-0.1, -0.05) is 0 Å². The van der Waals surface area contributed by atoms with Crippen LogP contribution in [-0.4, -0.2) is 31.9 Å². The molecular formula is C14H20N2O3S. The Bertz CT molecular complexity index is 623. The Kier molecular flexibility index (Phi) is 4.04. The van der Waals surface area contributed by atoms with E-state index in [1.807, 2.05) is 6.07 Å². The standard InChI is InChI=1S/C14H20N2O3S/c1-10(2)20(18,19)8-7-16-13-5-4-12(15)9-11(13)3-6-14(16)17/h4-5,9-10H,3,6-8,15H2,1-2H3. The first-order valence-corrected chi connectivity index (χ1v) is 8.43. The van der Waals surface area contributed by atoms with Gasteiger partial charge in [0.2, 0.25) is 5.91 Å². The van der Waals surface area contributed by atoms with E-state index in [0.29, 0.717) is 18.5 Å². The largest absolute Gasteiger partial charge is 0.399 e. The zero-order valence-corrected chi connectivity index (χ0v) is 12.6. The molecule has 1 aliphatic rings. The molecule has 0 bridgehead atoms. The molecule has 20 heavy (non-hydrogen) atoms. The number of nitrogen functional groups attached to an aromatic ring is 1. The third-order valence-corrected chi connectivity index (χ3v) is 5.81. The van der Waals surface area contributed by atoms with Crippen molar-refractivity contribution in [3.05, 3.63) is 23.8 Å². The average molecular weight is 296 g/mol. The van der Waals surface area contributed by atoms with E-state index in [2.05, 4.69) is 0 Å². The van der Waals surface area contributed by atoms with Gasteiger partial charge in [-0.3, -0.25) is 4.79 Å². The van der Waals surface area contributed by atoms with Gasteiger partial charge in [0.15, 0.2) is 9.84 Å². The van der Waals surface area contributed by atoms with Gasteiger partial charge in [-0.05, 0) is 44.0 Å². The zero-order valence-electron chi connectivity index (χ0n) is 11.8. The van der Waals surface area contributed by atoms with Crippen LogP contribution in [0, 0.1) is 0 Å². The number of anilines is 2. The average Bonchev–Trinajstić information content (AvgIpc) is 2.37. The van der Waals surface area contributed by atoms with E-state index in [9.17, 15) is 13.2 Å². The van der Waals surface area contributed by atoms with Crippen LogP contribution >= 0.6 is 0 Å². The summed E-state index contributed by atoms with van der Waals surface area (Å²) >= 11 is 0. The summed E-state index contributed by atoms with van der Waals surface area (Å²) in [5, 5.41) is -0.423. The first kappa shape index (κ1) is 14.8. The number of carbonyl (C=O) groups excluding carboxylic acids is 1. The Hall–Kier alpha value is -1.56. The van der Waals surface area contributed by atoms with Gasteiger partial charge in [-0.25, -0.2) is 8.42 Å². The molecule has 110 valence electrons. The molecule has 0 aromatic heterocycles. The number of hydrogen-bond donors (Lipinski definition) is 1. The number of nitrogens with zero attached hydrogens (tertiary/aromatic N) is 1. The van der Waals surface area contributed by atoms with Crippen molar-refractivity contribution in [3.63, 3.8) is 0 Å². The summed E-state index contributed by atoms with van der Waals surface area (Å²) in [5.41, 5.74) is 8.20. The molecule has 2 N–H and O–H groups in total. The number of rotatable bonds is 4. The molecule has 0 aliphatic carbocycles. The molecular weight excluding hydrogens is 276 g/mol. The van der Waals surface area contributed by atoms with Crippen LogP contribution in [-0.2, 0) is 21.1 Å². The molecule has 2 rings (SSSR count). The molecule has 1 aromatic rings. The van der Waals surface area contributed by atoms with Gasteiger partial charge in [0, 0.05) is 24.3 Å². The van der Waals surface area contributed by atoms with E-state index < -0.39 is 15.1 Å². The number of nitrogens with two attached hydrogens (primary N) is 1. The molecule has 0 radical (unpaired) electrons. The van der Waals surface area contributed by atoms with Crippen LogP contribution in [0.2, 0.25) is 0 Å². The first-order valence-electron chi connectivity index (χ1n) is 6.71. The van der Waals surface area contributed by atoms with Crippen LogP contribution in [0.25, 0.3) is 0 Å². The number of fused-ring (bicyclic) bond motifs is 1. The number of carbonyl (C=O) groups is 1. The van der Waals surface area contributed by atoms with Gasteiger partial charge in [0.05, 0.1) is 11.0 Å². The topological polar surface area (TPSA) is 80.5 Å². The molecule has 0 unspecified atom stereocenters. The fourth-order valence-electron chi connectivity index (χ4n) is 2.28. The third-order valence-electron chi connectivity index (χ3n) is 3.62. The van der Waals surface area contributed by atoms with E-state index in [1.54, 1.807) is 30.9 Å². The number of sulfone groups is 1. The van der Waals surface area contributed by atoms with Crippen molar-refractivity contribution in [1.29, 1.82) is 0 Å². The van der Waals surface area contributed by atoms with Crippen molar-refractivity contribution in [2.75, 3.05) is 22.9 Å². The maximum absolute atomic E-state index is 12.0. The highest BCUT2D eigenvalue weighted by Gasteiger charge is 2.26. The van der Waals surface area contributed by atoms with Crippen LogP contribution in [0.4, 0.5) is 11.4 Å².